The summed E-state index contributed by atoms with van der Waals surface area (Å²) in [6.07, 6.45) is 1.62. The molecule has 2 N–H and O–H groups in total. The van der Waals surface area contributed by atoms with E-state index in [0.29, 0.717) is 33.6 Å². The maximum atomic E-state index is 12.9. The zero-order valence-corrected chi connectivity index (χ0v) is 18.6. The van der Waals surface area contributed by atoms with Crippen molar-refractivity contribution in [3.05, 3.63) is 63.0 Å². The molecule has 10 heteroatoms. The summed E-state index contributed by atoms with van der Waals surface area (Å²) in [5.74, 6) is -2.10. The summed E-state index contributed by atoms with van der Waals surface area (Å²) in [6.45, 7) is 1.68. The second-order valence-corrected chi connectivity index (χ2v) is 8.20. The van der Waals surface area contributed by atoms with Crippen molar-refractivity contribution < 1.29 is 29.3 Å². The van der Waals surface area contributed by atoms with Gasteiger partial charge in [-0.2, -0.15) is 0 Å². The number of ether oxygens (including phenoxy) is 1. The fourth-order valence-electron chi connectivity index (χ4n) is 2.73. The highest BCUT2D eigenvalue weighted by Gasteiger charge is 2.32. The van der Waals surface area contributed by atoms with Gasteiger partial charge in [-0.1, -0.05) is 22.0 Å². The molecule has 0 aromatic heterocycles. The van der Waals surface area contributed by atoms with Gasteiger partial charge in [-0.15, -0.1) is 0 Å². The highest BCUT2D eigenvalue weighted by atomic mass is 79.9. The maximum Gasteiger partial charge on any atom is 0.341 e. The molecule has 1 aliphatic heterocycles. The molecule has 1 aliphatic rings. The van der Waals surface area contributed by atoms with Crippen molar-refractivity contribution in [3.8, 4) is 5.75 Å². The Labute approximate surface area is 190 Å². The predicted molar refractivity (Wildman–Crippen MR) is 121 cm³/mol. The maximum absolute atomic E-state index is 12.9. The van der Waals surface area contributed by atoms with Gasteiger partial charge in [0.2, 0.25) is 0 Å². The number of aliphatic imine (C=N–C) groups is 1. The van der Waals surface area contributed by atoms with Crippen LogP contribution in [0.15, 0.2) is 56.8 Å². The van der Waals surface area contributed by atoms with Crippen molar-refractivity contribution in [2.24, 2.45) is 4.99 Å². The molecule has 2 aromatic carbocycles. The summed E-state index contributed by atoms with van der Waals surface area (Å²) in [7, 11) is 0. The van der Waals surface area contributed by atoms with E-state index >= 15 is 0 Å². The Hall–Kier alpha value is -3.11. The van der Waals surface area contributed by atoms with Gasteiger partial charge in [0.1, 0.15) is 5.75 Å². The van der Waals surface area contributed by atoms with Crippen LogP contribution in [0.3, 0.4) is 0 Å². The van der Waals surface area contributed by atoms with E-state index in [-0.39, 0.29) is 11.5 Å². The largest absolute Gasteiger partial charge is 0.481 e. The lowest BCUT2D eigenvalue weighted by atomic mass is 10.2. The Balaban J connectivity index is 1.96. The number of aromatic carboxylic acids is 1. The van der Waals surface area contributed by atoms with Gasteiger partial charge in [0.05, 0.1) is 16.2 Å². The second kappa shape index (κ2) is 9.80. The third kappa shape index (κ3) is 5.53. The van der Waals surface area contributed by atoms with Gasteiger partial charge in [0, 0.05) is 16.6 Å². The quantitative estimate of drug-likeness (QED) is 0.541. The molecular weight excluding hydrogens is 488 g/mol. The molecule has 31 heavy (non-hydrogen) atoms. The third-order valence-electron chi connectivity index (χ3n) is 4.13. The van der Waals surface area contributed by atoms with E-state index in [1.165, 1.54) is 17.0 Å². The SMILES string of the molecule is CCN1C(=O)/C(=C/c2cc(Br)ccc2OCC(=O)O)SC1=Nc1cccc(C(=O)O)c1. The van der Waals surface area contributed by atoms with Crippen LogP contribution in [0.4, 0.5) is 5.69 Å². The first-order chi connectivity index (χ1) is 14.8. The monoisotopic (exact) mass is 504 g/mol. The van der Waals surface area contributed by atoms with Crippen LogP contribution in [-0.4, -0.2) is 51.3 Å². The molecule has 0 spiro atoms. The van der Waals surface area contributed by atoms with E-state index in [9.17, 15) is 14.4 Å². The van der Waals surface area contributed by atoms with E-state index in [4.69, 9.17) is 14.9 Å². The van der Waals surface area contributed by atoms with E-state index in [1.54, 1.807) is 36.4 Å². The van der Waals surface area contributed by atoms with Crippen molar-refractivity contribution >= 4 is 62.5 Å². The van der Waals surface area contributed by atoms with Crippen LogP contribution >= 0.6 is 27.7 Å². The molecule has 0 saturated carbocycles. The molecule has 0 bridgehead atoms. The molecule has 0 unspecified atom stereocenters. The average molecular weight is 505 g/mol. The average Bonchev–Trinajstić information content (AvgIpc) is 3.01. The highest BCUT2D eigenvalue weighted by molar-refractivity contribution is 9.10. The third-order valence-corrected chi connectivity index (χ3v) is 5.63. The van der Waals surface area contributed by atoms with Gasteiger partial charge in [-0.25, -0.2) is 14.6 Å². The summed E-state index contributed by atoms with van der Waals surface area (Å²) in [6, 6.07) is 11.2. The summed E-state index contributed by atoms with van der Waals surface area (Å²) in [4.78, 5) is 41.3. The molecule has 0 aliphatic carbocycles. The number of nitrogens with zero attached hydrogens (tertiary/aromatic N) is 2. The Morgan fingerprint density at radius 1 is 1.23 bits per heavy atom. The molecule has 1 heterocycles. The first kappa shape index (κ1) is 22.6. The lowest BCUT2D eigenvalue weighted by Gasteiger charge is -2.12. The van der Waals surface area contributed by atoms with E-state index in [0.717, 1.165) is 16.2 Å². The van der Waals surface area contributed by atoms with Crippen molar-refractivity contribution in [3.63, 3.8) is 0 Å². The number of rotatable bonds is 7. The number of amides is 1. The summed E-state index contributed by atoms with van der Waals surface area (Å²) >= 11 is 4.51. The van der Waals surface area contributed by atoms with Gasteiger partial charge >= 0.3 is 11.9 Å². The number of halogens is 1. The van der Waals surface area contributed by atoms with Crippen LogP contribution in [0.25, 0.3) is 6.08 Å². The number of amidine groups is 1. The molecule has 1 fully saturated rings. The van der Waals surface area contributed by atoms with Crippen LogP contribution in [0.1, 0.15) is 22.8 Å². The van der Waals surface area contributed by atoms with Crippen LogP contribution in [0, 0.1) is 0 Å². The van der Waals surface area contributed by atoms with Gasteiger partial charge < -0.3 is 14.9 Å². The number of thioether (sulfide) groups is 1. The molecule has 1 amide bonds. The number of carboxylic acids is 2. The Bertz CT molecular complexity index is 1110. The smallest absolute Gasteiger partial charge is 0.341 e. The fourth-order valence-corrected chi connectivity index (χ4v) is 4.17. The minimum absolute atomic E-state index is 0.101. The van der Waals surface area contributed by atoms with Crippen molar-refractivity contribution in [2.75, 3.05) is 13.2 Å². The lowest BCUT2D eigenvalue weighted by molar-refractivity contribution is -0.139. The molecule has 0 atom stereocenters. The number of aliphatic carboxylic acids is 1. The number of carbonyl (C=O) groups excluding carboxylic acids is 1. The zero-order valence-electron chi connectivity index (χ0n) is 16.2. The number of carbonyl (C=O) groups is 3. The van der Waals surface area contributed by atoms with Crippen LogP contribution in [-0.2, 0) is 9.59 Å². The second-order valence-electron chi connectivity index (χ2n) is 6.27. The molecular formula is C21H17BrN2O6S. The predicted octanol–water partition coefficient (Wildman–Crippen LogP) is 4.23. The van der Waals surface area contributed by atoms with E-state index in [1.807, 2.05) is 6.92 Å². The van der Waals surface area contributed by atoms with Crippen LogP contribution in [0.5, 0.6) is 5.75 Å². The van der Waals surface area contributed by atoms with Crippen LogP contribution < -0.4 is 4.74 Å². The van der Waals surface area contributed by atoms with Crippen LogP contribution in [0.2, 0.25) is 0 Å². The van der Waals surface area contributed by atoms with E-state index in [2.05, 4.69) is 20.9 Å². The summed E-state index contributed by atoms with van der Waals surface area (Å²) < 4.78 is 6.07. The number of likely N-dealkylation sites (N-methyl/N-ethyl adjacent to an activating group) is 1. The Morgan fingerprint density at radius 3 is 2.68 bits per heavy atom. The first-order valence-corrected chi connectivity index (χ1v) is 10.7. The fraction of sp³-hybridized carbons (Fsp3) is 0.143. The molecule has 2 aromatic rings. The van der Waals surface area contributed by atoms with Gasteiger partial charge in [0.25, 0.3) is 5.91 Å². The topological polar surface area (TPSA) is 117 Å². The first-order valence-electron chi connectivity index (χ1n) is 9.06. The van der Waals surface area contributed by atoms with Crippen molar-refractivity contribution in [1.82, 2.24) is 4.90 Å². The van der Waals surface area contributed by atoms with Crippen molar-refractivity contribution in [2.45, 2.75) is 6.92 Å². The molecule has 1 saturated heterocycles. The number of benzene rings is 2. The van der Waals surface area contributed by atoms with Gasteiger partial charge in [-0.3, -0.25) is 9.69 Å². The van der Waals surface area contributed by atoms with Crippen molar-refractivity contribution in [1.29, 1.82) is 0 Å². The minimum atomic E-state index is -1.11. The molecule has 0 radical (unpaired) electrons. The lowest BCUT2D eigenvalue weighted by Crippen LogP contribution is -2.28. The summed E-state index contributed by atoms with van der Waals surface area (Å²) in [5.41, 5.74) is 1.06. The van der Waals surface area contributed by atoms with Gasteiger partial charge in [0.15, 0.2) is 11.8 Å². The summed E-state index contributed by atoms with van der Waals surface area (Å²) in [5, 5.41) is 18.5. The normalized spacial score (nSPS) is 16.2. The Morgan fingerprint density at radius 2 is 2.00 bits per heavy atom. The zero-order chi connectivity index (χ0) is 22.5. The molecule has 3 rings (SSSR count). The Kier molecular flexibility index (Phi) is 7.13. The number of carboxylic acid groups (broad SMARTS) is 2. The van der Waals surface area contributed by atoms with E-state index < -0.39 is 18.5 Å². The standard InChI is InChI=1S/C21H17BrN2O6S/c1-2-24-19(27)17(10-13-8-14(22)6-7-16(13)30-11-18(25)26)31-21(24)23-15-5-3-4-12(9-15)20(28)29/h3-10H,2,11H2,1H3,(H,25,26)(H,28,29)/b17-10-,23-21?. The minimum Gasteiger partial charge on any atom is -0.481 e. The molecule has 160 valence electrons. The highest BCUT2D eigenvalue weighted by Crippen LogP contribution is 2.36. The number of hydrogen-bond acceptors (Lipinski definition) is 6. The van der Waals surface area contributed by atoms with Gasteiger partial charge in [-0.05, 0) is 61.2 Å². The number of hydrogen-bond donors (Lipinski definition) is 2. The molecule has 8 nitrogen and oxygen atoms in total.